The summed E-state index contributed by atoms with van der Waals surface area (Å²) in [6, 6.07) is 12.7. The topological polar surface area (TPSA) is 67.9 Å². The Morgan fingerprint density at radius 2 is 1.84 bits per heavy atom. The van der Waals surface area contributed by atoms with E-state index < -0.39 is 0 Å². The summed E-state index contributed by atoms with van der Waals surface area (Å²) in [6.45, 7) is 1.78. The summed E-state index contributed by atoms with van der Waals surface area (Å²) in [5, 5.41) is 3.45. The van der Waals surface area contributed by atoms with Crippen molar-refractivity contribution in [2.24, 2.45) is 5.92 Å². The van der Waals surface area contributed by atoms with Crippen molar-refractivity contribution in [3.8, 4) is 11.5 Å². The van der Waals surface area contributed by atoms with Crippen LogP contribution in [-0.2, 0) is 11.3 Å². The predicted octanol–water partition coefficient (Wildman–Crippen LogP) is 4.31. The van der Waals surface area contributed by atoms with E-state index in [0.29, 0.717) is 42.6 Å². The van der Waals surface area contributed by atoms with Gasteiger partial charge < -0.3 is 19.7 Å². The molecule has 6 nitrogen and oxygen atoms in total. The van der Waals surface area contributed by atoms with E-state index in [1.54, 1.807) is 26.4 Å². The van der Waals surface area contributed by atoms with Crippen LogP contribution in [0.5, 0.6) is 11.5 Å². The molecule has 0 aromatic heterocycles. The second kappa shape index (κ2) is 11.0. The molecule has 31 heavy (non-hydrogen) atoms. The fourth-order valence-corrected chi connectivity index (χ4v) is 4.08. The molecule has 1 aliphatic rings. The van der Waals surface area contributed by atoms with Gasteiger partial charge in [0.15, 0.2) is 0 Å². The van der Waals surface area contributed by atoms with Gasteiger partial charge in [-0.3, -0.25) is 9.59 Å². The molecule has 2 aromatic rings. The number of nitrogens with zero attached hydrogens (tertiary/aromatic N) is 1. The number of hydrogen-bond acceptors (Lipinski definition) is 4. The van der Waals surface area contributed by atoms with Crippen LogP contribution in [0.1, 0.15) is 41.6 Å². The number of rotatable bonds is 8. The average molecular weight is 445 g/mol. The number of likely N-dealkylation sites (tertiary alicyclic amines) is 1. The summed E-state index contributed by atoms with van der Waals surface area (Å²) in [7, 11) is 3.22. The van der Waals surface area contributed by atoms with Crippen LogP contribution in [0.4, 0.5) is 0 Å². The molecule has 0 radical (unpaired) electrons. The highest BCUT2D eigenvalue weighted by molar-refractivity contribution is 6.33. The molecule has 1 heterocycles. The van der Waals surface area contributed by atoms with Gasteiger partial charge in [0, 0.05) is 31.6 Å². The predicted molar refractivity (Wildman–Crippen MR) is 121 cm³/mol. The Morgan fingerprint density at radius 1 is 1.10 bits per heavy atom. The van der Waals surface area contributed by atoms with Crippen molar-refractivity contribution >= 4 is 23.4 Å². The number of carbonyl (C=O) groups excluding carboxylic acids is 2. The minimum atomic E-state index is -0.0194. The zero-order valence-corrected chi connectivity index (χ0v) is 18.8. The van der Waals surface area contributed by atoms with Crippen molar-refractivity contribution < 1.29 is 19.1 Å². The maximum Gasteiger partial charge on any atom is 0.255 e. The second-order valence-corrected chi connectivity index (χ2v) is 8.12. The third kappa shape index (κ3) is 6.14. The van der Waals surface area contributed by atoms with Gasteiger partial charge >= 0.3 is 0 Å². The first-order valence-electron chi connectivity index (χ1n) is 10.5. The van der Waals surface area contributed by atoms with E-state index in [4.69, 9.17) is 21.1 Å². The number of carbonyl (C=O) groups is 2. The van der Waals surface area contributed by atoms with Gasteiger partial charge in [-0.15, -0.1) is 0 Å². The summed E-state index contributed by atoms with van der Waals surface area (Å²) in [5.74, 6) is 1.88. The summed E-state index contributed by atoms with van der Waals surface area (Å²) in [6.07, 6.45) is 3.07. The highest BCUT2D eigenvalue weighted by atomic mass is 35.5. The molecular weight excluding hydrogens is 416 g/mol. The molecule has 166 valence electrons. The number of hydrogen-bond donors (Lipinski definition) is 1. The van der Waals surface area contributed by atoms with Gasteiger partial charge in [0.25, 0.3) is 5.91 Å². The molecule has 1 N–H and O–H groups in total. The van der Waals surface area contributed by atoms with Crippen LogP contribution in [0.25, 0.3) is 0 Å². The lowest BCUT2D eigenvalue weighted by atomic mass is 9.91. The summed E-state index contributed by atoms with van der Waals surface area (Å²) in [5.41, 5.74) is 1.43. The highest BCUT2D eigenvalue weighted by Crippen LogP contribution is 2.26. The van der Waals surface area contributed by atoms with E-state index in [1.807, 2.05) is 35.2 Å². The van der Waals surface area contributed by atoms with Crippen LogP contribution in [0.15, 0.2) is 42.5 Å². The van der Waals surface area contributed by atoms with Crippen molar-refractivity contribution in [2.45, 2.75) is 32.2 Å². The molecule has 1 fully saturated rings. The molecule has 0 spiro atoms. The highest BCUT2D eigenvalue weighted by Gasteiger charge is 2.25. The van der Waals surface area contributed by atoms with E-state index in [-0.39, 0.29) is 11.8 Å². The lowest BCUT2D eigenvalue weighted by Gasteiger charge is -2.32. The zero-order valence-electron chi connectivity index (χ0n) is 18.0. The molecule has 0 bridgehead atoms. The van der Waals surface area contributed by atoms with E-state index in [1.165, 1.54) is 0 Å². The Morgan fingerprint density at radius 3 is 2.52 bits per heavy atom. The quantitative estimate of drug-likeness (QED) is 0.658. The first kappa shape index (κ1) is 22.9. The lowest BCUT2D eigenvalue weighted by molar-refractivity contribution is -0.121. The largest absolute Gasteiger partial charge is 0.497 e. The Hall–Kier alpha value is -2.73. The van der Waals surface area contributed by atoms with Gasteiger partial charge in [-0.1, -0.05) is 23.7 Å². The molecule has 1 saturated heterocycles. The first-order valence-corrected chi connectivity index (χ1v) is 10.9. The molecule has 0 unspecified atom stereocenters. The van der Waals surface area contributed by atoms with E-state index in [9.17, 15) is 9.59 Å². The molecular formula is C24H29ClN2O4. The number of piperidine rings is 1. The van der Waals surface area contributed by atoms with Crippen molar-refractivity contribution in [3.63, 3.8) is 0 Å². The number of halogens is 1. The Bertz CT molecular complexity index is 910. The maximum absolute atomic E-state index is 12.7. The van der Waals surface area contributed by atoms with Gasteiger partial charge in [0.1, 0.15) is 11.5 Å². The summed E-state index contributed by atoms with van der Waals surface area (Å²) in [4.78, 5) is 26.9. The number of methoxy groups -OCH3 is 2. The van der Waals surface area contributed by atoms with Crippen LogP contribution < -0.4 is 14.8 Å². The second-order valence-electron chi connectivity index (χ2n) is 7.71. The van der Waals surface area contributed by atoms with Crippen LogP contribution in [-0.4, -0.2) is 44.0 Å². The zero-order chi connectivity index (χ0) is 22.2. The van der Waals surface area contributed by atoms with Gasteiger partial charge in [-0.2, -0.15) is 0 Å². The third-order valence-electron chi connectivity index (χ3n) is 5.75. The fourth-order valence-electron chi connectivity index (χ4n) is 3.87. The number of amides is 2. The van der Waals surface area contributed by atoms with Crippen molar-refractivity contribution in [2.75, 3.05) is 27.3 Å². The molecule has 0 saturated carbocycles. The van der Waals surface area contributed by atoms with Gasteiger partial charge in [-0.25, -0.2) is 0 Å². The van der Waals surface area contributed by atoms with Crippen molar-refractivity contribution in [1.82, 2.24) is 10.2 Å². The SMILES string of the molecule is COc1ccc(OC)c(CNC(=O)CCC2CCN(C(=O)c3ccccc3Cl)CC2)c1. The third-order valence-corrected chi connectivity index (χ3v) is 6.08. The molecule has 2 aromatic carbocycles. The Kier molecular flexibility index (Phi) is 8.18. The summed E-state index contributed by atoms with van der Waals surface area (Å²) >= 11 is 6.15. The molecule has 0 atom stereocenters. The first-order chi connectivity index (χ1) is 15.0. The van der Waals surface area contributed by atoms with Crippen LogP contribution in [0.2, 0.25) is 5.02 Å². The average Bonchev–Trinajstić information content (AvgIpc) is 2.81. The molecule has 0 aliphatic carbocycles. The fraction of sp³-hybridized carbons (Fsp3) is 0.417. The maximum atomic E-state index is 12.7. The van der Waals surface area contributed by atoms with Crippen LogP contribution >= 0.6 is 11.6 Å². The van der Waals surface area contributed by atoms with Gasteiger partial charge in [0.2, 0.25) is 5.91 Å². The van der Waals surface area contributed by atoms with Crippen molar-refractivity contribution in [3.05, 3.63) is 58.6 Å². The molecule has 7 heteroatoms. The molecule has 3 rings (SSSR count). The number of nitrogens with one attached hydrogen (secondary N) is 1. The van der Waals surface area contributed by atoms with Crippen LogP contribution in [0.3, 0.4) is 0 Å². The smallest absolute Gasteiger partial charge is 0.255 e. The monoisotopic (exact) mass is 444 g/mol. The minimum Gasteiger partial charge on any atom is -0.497 e. The minimum absolute atomic E-state index is 0.0134. The van der Waals surface area contributed by atoms with Gasteiger partial charge in [0.05, 0.1) is 24.8 Å². The number of ether oxygens (including phenoxy) is 2. The number of benzene rings is 2. The van der Waals surface area contributed by atoms with Crippen LogP contribution in [0, 0.1) is 5.92 Å². The Balaban J connectivity index is 1.42. The normalized spacial score (nSPS) is 14.2. The van der Waals surface area contributed by atoms with E-state index in [0.717, 1.165) is 36.3 Å². The van der Waals surface area contributed by atoms with E-state index >= 15 is 0 Å². The standard InChI is InChI=1S/C24H29ClN2O4/c1-30-19-8-9-22(31-2)18(15-19)16-26-23(28)10-7-17-11-13-27(14-12-17)24(29)20-5-3-4-6-21(20)25/h3-6,8-9,15,17H,7,10-14,16H2,1-2H3,(H,26,28). The molecule has 1 aliphatic heterocycles. The molecule has 2 amide bonds. The van der Waals surface area contributed by atoms with Crippen molar-refractivity contribution in [1.29, 1.82) is 0 Å². The Labute approximate surface area is 188 Å². The summed E-state index contributed by atoms with van der Waals surface area (Å²) < 4.78 is 10.6. The van der Waals surface area contributed by atoms with E-state index in [2.05, 4.69) is 5.32 Å². The lowest BCUT2D eigenvalue weighted by Crippen LogP contribution is -2.38. The van der Waals surface area contributed by atoms with Gasteiger partial charge in [-0.05, 0) is 55.5 Å².